The highest BCUT2D eigenvalue weighted by Crippen LogP contribution is 2.44. The van der Waals surface area contributed by atoms with E-state index in [1.54, 1.807) is 6.07 Å². The maximum absolute atomic E-state index is 13.4. The molecule has 0 saturated carbocycles. The van der Waals surface area contributed by atoms with Gasteiger partial charge in [0.15, 0.2) is 0 Å². The highest BCUT2D eigenvalue weighted by atomic mass is 35.5. The SMILES string of the molecule is CC(C)(C)[C@H](c1ccc(F)c(Cl)c1O)N1CCNCC1. The normalized spacial score (nSPS) is 19.1. The Hall–Kier alpha value is -0.840. The van der Waals surface area contributed by atoms with E-state index in [4.69, 9.17) is 11.6 Å². The van der Waals surface area contributed by atoms with Crippen molar-refractivity contribution in [2.45, 2.75) is 26.8 Å². The van der Waals surface area contributed by atoms with Crippen molar-refractivity contribution in [3.63, 3.8) is 0 Å². The van der Waals surface area contributed by atoms with Crippen LogP contribution in [0.15, 0.2) is 12.1 Å². The first-order chi connectivity index (χ1) is 9.32. The largest absolute Gasteiger partial charge is 0.506 e. The molecule has 2 rings (SSSR count). The van der Waals surface area contributed by atoms with Gasteiger partial charge in [0.2, 0.25) is 0 Å². The Morgan fingerprint density at radius 1 is 1.30 bits per heavy atom. The summed E-state index contributed by atoms with van der Waals surface area (Å²) >= 11 is 5.86. The lowest BCUT2D eigenvalue weighted by molar-refractivity contribution is 0.0842. The van der Waals surface area contributed by atoms with E-state index in [2.05, 4.69) is 31.0 Å². The molecule has 0 amide bonds. The molecule has 0 bridgehead atoms. The lowest BCUT2D eigenvalue weighted by atomic mass is 9.80. The number of nitrogens with one attached hydrogen (secondary N) is 1. The number of piperazine rings is 1. The molecule has 0 unspecified atom stereocenters. The zero-order valence-electron chi connectivity index (χ0n) is 12.2. The summed E-state index contributed by atoms with van der Waals surface area (Å²) in [5, 5.41) is 13.4. The van der Waals surface area contributed by atoms with E-state index < -0.39 is 5.82 Å². The Labute approximate surface area is 124 Å². The maximum atomic E-state index is 13.4. The van der Waals surface area contributed by atoms with Crippen molar-refractivity contribution in [2.75, 3.05) is 26.2 Å². The number of hydrogen-bond acceptors (Lipinski definition) is 3. The van der Waals surface area contributed by atoms with Crippen molar-refractivity contribution in [3.05, 3.63) is 28.5 Å². The number of rotatable bonds is 2. The summed E-state index contributed by atoms with van der Waals surface area (Å²) in [6, 6.07) is 2.98. The molecule has 112 valence electrons. The molecule has 3 nitrogen and oxygen atoms in total. The second-order valence-corrected chi connectivity index (χ2v) is 6.73. The molecule has 2 N–H and O–H groups in total. The lowest BCUT2D eigenvalue weighted by Gasteiger charge is -2.42. The van der Waals surface area contributed by atoms with Gasteiger partial charge in [0.1, 0.15) is 16.6 Å². The van der Waals surface area contributed by atoms with Crippen LogP contribution >= 0.6 is 11.6 Å². The molecule has 1 atom stereocenters. The third-order valence-corrected chi connectivity index (χ3v) is 4.09. The molecule has 1 aliphatic rings. The standard InChI is InChI=1S/C15H22ClFN2O/c1-15(2,3)14(19-8-6-18-7-9-19)10-4-5-11(17)12(16)13(10)20/h4-5,14,18,20H,6-9H2,1-3H3/t14-/m0/s1. The molecule has 1 fully saturated rings. The fraction of sp³-hybridized carbons (Fsp3) is 0.600. The van der Waals surface area contributed by atoms with Crippen molar-refractivity contribution < 1.29 is 9.50 Å². The molecule has 1 aliphatic heterocycles. The van der Waals surface area contributed by atoms with Crippen LogP contribution in [0.5, 0.6) is 5.75 Å². The third-order valence-electron chi connectivity index (χ3n) is 3.73. The highest BCUT2D eigenvalue weighted by molar-refractivity contribution is 6.32. The first-order valence-corrected chi connectivity index (χ1v) is 7.32. The van der Waals surface area contributed by atoms with Gasteiger partial charge in [-0.25, -0.2) is 4.39 Å². The van der Waals surface area contributed by atoms with E-state index in [1.165, 1.54) is 6.07 Å². The second-order valence-electron chi connectivity index (χ2n) is 6.35. The summed E-state index contributed by atoms with van der Waals surface area (Å²) in [5.41, 5.74) is 0.612. The molecule has 20 heavy (non-hydrogen) atoms. The second kappa shape index (κ2) is 5.88. The van der Waals surface area contributed by atoms with Gasteiger partial charge in [-0.05, 0) is 11.5 Å². The predicted molar refractivity (Wildman–Crippen MR) is 79.7 cm³/mol. The Morgan fingerprint density at radius 3 is 2.45 bits per heavy atom. The summed E-state index contributed by atoms with van der Waals surface area (Å²) in [7, 11) is 0. The zero-order chi connectivity index (χ0) is 14.9. The number of phenolic OH excluding ortho intramolecular Hbond substituents is 1. The van der Waals surface area contributed by atoms with E-state index in [9.17, 15) is 9.50 Å². The molecular formula is C15H22ClFN2O. The number of benzene rings is 1. The first kappa shape index (κ1) is 15.5. The van der Waals surface area contributed by atoms with Crippen LogP contribution in [0.4, 0.5) is 4.39 Å². The van der Waals surface area contributed by atoms with Gasteiger partial charge >= 0.3 is 0 Å². The van der Waals surface area contributed by atoms with E-state index >= 15 is 0 Å². The fourth-order valence-electron chi connectivity index (χ4n) is 2.93. The van der Waals surface area contributed by atoms with Crippen molar-refractivity contribution in [3.8, 4) is 5.75 Å². The van der Waals surface area contributed by atoms with Gasteiger partial charge in [0.25, 0.3) is 0 Å². The minimum Gasteiger partial charge on any atom is -0.506 e. The predicted octanol–water partition coefficient (Wildman–Crippen LogP) is 3.18. The summed E-state index contributed by atoms with van der Waals surface area (Å²) < 4.78 is 13.4. The minimum atomic E-state index is -0.583. The van der Waals surface area contributed by atoms with Crippen LogP contribution in [0.2, 0.25) is 5.02 Å². The molecule has 1 aromatic rings. The number of hydrogen-bond donors (Lipinski definition) is 2. The molecule has 1 saturated heterocycles. The van der Waals surface area contributed by atoms with Crippen molar-refractivity contribution >= 4 is 11.6 Å². The smallest absolute Gasteiger partial charge is 0.145 e. The molecule has 0 radical (unpaired) electrons. The van der Waals surface area contributed by atoms with E-state index in [-0.39, 0.29) is 22.2 Å². The average molecular weight is 301 g/mol. The van der Waals surface area contributed by atoms with Crippen molar-refractivity contribution in [2.24, 2.45) is 5.41 Å². The number of halogens is 2. The quantitative estimate of drug-likeness (QED) is 0.880. The van der Waals surface area contributed by atoms with Gasteiger partial charge in [-0.15, -0.1) is 0 Å². The van der Waals surface area contributed by atoms with Crippen molar-refractivity contribution in [1.29, 1.82) is 0 Å². The minimum absolute atomic E-state index is 0.00250. The maximum Gasteiger partial charge on any atom is 0.145 e. The average Bonchev–Trinajstić information content (AvgIpc) is 2.39. The fourth-order valence-corrected chi connectivity index (χ4v) is 3.10. The summed E-state index contributed by atoms with van der Waals surface area (Å²) in [6.45, 7) is 10.0. The molecule has 5 heteroatoms. The first-order valence-electron chi connectivity index (χ1n) is 6.94. The Bertz CT molecular complexity index is 481. The summed E-state index contributed by atoms with van der Waals surface area (Å²) in [4.78, 5) is 2.32. The van der Waals surface area contributed by atoms with Gasteiger partial charge in [-0.1, -0.05) is 38.4 Å². The van der Waals surface area contributed by atoms with Gasteiger partial charge in [-0.3, -0.25) is 4.90 Å². The number of nitrogens with zero attached hydrogens (tertiary/aromatic N) is 1. The topological polar surface area (TPSA) is 35.5 Å². The highest BCUT2D eigenvalue weighted by Gasteiger charge is 2.35. The molecule has 0 spiro atoms. The molecule has 0 aliphatic carbocycles. The van der Waals surface area contributed by atoms with Crippen LogP contribution in [-0.2, 0) is 0 Å². The van der Waals surface area contributed by atoms with Crippen molar-refractivity contribution in [1.82, 2.24) is 10.2 Å². The van der Waals surface area contributed by atoms with E-state index in [1.807, 2.05) is 0 Å². The monoisotopic (exact) mass is 300 g/mol. The Balaban J connectivity index is 2.44. The van der Waals surface area contributed by atoms with Crippen LogP contribution in [0.3, 0.4) is 0 Å². The zero-order valence-corrected chi connectivity index (χ0v) is 13.0. The lowest BCUT2D eigenvalue weighted by Crippen LogP contribution is -2.48. The van der Waals surface area contributed by atoms with Crippen LogP contribution < -0.4 is 5.32 Å². The molecule has 1 heterocycles. The van der Waals surface area contributed by atoms with Gasteiger partial charge in [0, 0.05) is 37.8 Å². The number of aromatic hydroxyl groups is 1. The summed E-state index contributed by atoms with van der Waals surface area (Å²) in [5.74, 6) is -0.717. The van der Waals surface area contributed by atoms with Gasteiger partial charge in [0.05, 0.1) is 0 Å². The van der Waals surface area contributed by atoms with Crippen LogP contribution in [-0.4, -0.2) is 36.2 Å². The van der Waals surface area contributed by atoms with Crippen LogP contribution in [0.1, 0.15) is 32.4 Å². The molecule has 1 aromatic carbocycles. The van der Waals surface area contributed by atoms with Crippen LogP contribution in [0, 0.1) is 11.2 Å². The van der Waals surface area contributed by atoms with E-state index in [0.717, 1.165) is 26.2 Å². The molecular weight excluding hydrogens is 279 g/mol. The van der Waals surface area contributed by atoms with E-state index in [0.29, 0.717) is 5.56 Å². The van der Waals surface area contributed by atoms with Gasteiger partial charge < -0.3 is 10.4 Å². The third kappa shape index (κ3) is 3.08. The Kier molecular flexibility index (Phi) is 4.57. The summed E-state index contributed by atoms with van der Waals surface area (Å²) in [6.07, 6.45) is 0. The molecule has 0 aromatic heterocycles. The number of phenols is 1. The van der Waals surface area contributed by atoms with Crippen LogP contribution in [0.25, 0.3) is 0 Å². The van der Waals surface area contributed by atoms with Gasteiger partial charge in [-0.2, -0.15) is 0 Å². The Morgan fingerprint density at radius 2 is 1.90 bits per heavy atom.